The number of hydrogen-bond donors (Lipinski definition) is 2. The van der Waals surface area contributed by atoms with Gasteiger partial charge in [0.1, 0.15) is 0 Å². The molecular weight excluding hydrogens is 288 g/mol. The van der Waals surface area contributed by atoms with Gasteiger partial charge in [-0.05, 0) is 38.0 Å². The van der Waals surface area contributed by atoms with E-state index in [2.05, 4.69) is 10.6 Å². The highest BCUT2D eigenvalue weighted by atomic mass is 16.2. The molecule has 0 aliphatic carbocycles. The fourth-order valence-corrected chi connectivity index (χ4v) is 2.40. The van der Waals surface area contributed by atoms with Crippen molar-refractivity contribution in [1.82, 2.24) is 5.32 Å². The lowest BCUT2D eigenvalue weighted by atomic mass is 10.1. The van der Waals surface area contributed by atoms with E-state index in [1.807, 2.05) is 63.2 Å². The average molecular weight is 310 g/mol. The molecule has 23 heavy (non-hydrogen) atoms. The maximum Gasteiger partial charge on any atom is 0.243 e. The fourth-order valence-electron chi connectivity index (χ4n) is 2.40. The van der Waals surface area contributed by atoms with E-state index in [4.69, 9.17) is 0 Å². The largest absolute Gasteiger partial charge is 0.347 e. The summed E-state index contributed by atoms with van der Waals surface area (Å²) in [6.07, 6.45) is 0.276. The highest BCUT2D eigenvalue weighted by Gasteiger charge is 2.08. The van der Waals surface area contributed by atoms with Crippen molar-refractivity contribution >= 4 is 17.5 Å². The number of carbonyl (C=O) groups excluding carboxylic acids is 2. The quantitative estimate of drug-likeness (QED) is 0.892. The van der Waals surface area contributed by atoms with Crippen molar-refractivity contribution in [3.8, 4) is 0 Å². The maximum absolute atomic E-state index is 11.9. The number of amides is 2. The Morgan fingerprint density at radius 2 is 1.65 bits per heavy atom. The summed E-state index contributed by atoms with van der Waals surface area (Å²) < 4.78 is 0. The van der Waals surface area contributed by atoms with Crippen molar-refractivity contribution in [3.05, 3.63) is 64.7 Å². The second-order valence-corrected chi connectivity index (χ2v) is 5.81. The molecule has 0 aliphatic heterocycles. The second kappa shape index (κ2) is 7.58. The number of nitrogens with one attached hydrogen (secondary N) is 2. The lowest BCUT2D eigenvalue weighted by Crippen LogP contribution is -2.33. The van der Waals surface area contributed by atoms with Gasteiger partial charge in [0, 0.05) is 5.69 Å². The molecule has 4 nitrogen and oxygen atoms in total. The molecule has 4 heteroatoms. The predicted octanol–water partition coefficient (Wildman–Crippen LogP) is 2.91. The van der Waals surface area contributed by atoms with Crippen LogP contribution in [0.1, 0.15) is 22.3 Å². The molecule has 0 aliphatic rings. The van der Waals surface area contributed by atoms with Gasteiger partial charge in [-0.3, -0.25) is 9.59 Å². The van der Waals surface area contributed by atoms with E-state index in [-0.39, 0.29) is 24.8 Å². The van der Waals surface area contributed by atoms with E-state index in [0.29, 0.717) is 0 Å². The van der Waals surface area contributed by atoms with Gasteiger partial charge in [-0.25, -0.2) is 0 Å². The van der Waals surface area contributed by atoms with Crippen LogP contribution in [0.15, 0.2) is 42.5 Å². The van der Waals surface area contributed by atoms with Gasteiger partial charge < -0.3 is 10.6 Å². The van der Waals surface area contributed by atoms with Crippen LogP contribution in [0.5, 0.6) is 0 Å². The van der Waals surface area contributed by atoms with Crippen molar-refractivity contribution in [3.63, 3.8) is 0 Å². The van der Waals surface area contributed by atoms with E-state index < -0.39 is 0 Å². The molecule has 0 bridgehead atoms. The molecule has 2 rings (SSSR count). The summed E-state index contributed by atoms with van der Waals surface area (Å²) >= 11 is 0. The molecule has 2 N–H and O–H groups in total. The molecule has 120 valence electrons. The van der Waals surface area contributed by atoms with Gasteiger partial charge >= 0.3 is 0 Å². The Kier molecular flexibility index (Phi) is 5.52. The van der Waals surface area contributed by atoms with Crippen molar-refractivity contribution in [2.24, 2.45) is 0 Å². The Labute approximate surface area is 136 Å². The Hall–Kier alpha value is -2.62. The van der Waals surface area contributed by atoms with Crippen LogP contribution in [0.25, 0.3) is 0 Å². The summed E-state index contributed by atoms with van der Waals surface area (Å²) in [6, 6.07) is 13.6. The Bertz CT molecular complexity index is 723. The Balaban J connectivity index is 1.83. The molecule has 0 spiro atoms. The van der Waals surface area contributed by atoms with Crippen LogP contribution in [0.4, 0.5) is 5.69 Å². The smallest absolute Gasteiger partial charge is 0.243 e. The van der Waals surface area contributed by atoms with Gasteiger partial charge in [0.05, 0.1) is 13.0 Å². The van der Waals surface area contributed by atoms with Crippen LogP contribution in [0.3, 0.4) is 0 Å². The molecule has 2 aromatic carbocycles. The van der Waals surface area contributed by atoms with Crippen molar-refractivity contribution in [1.29, 1.82) is 0 Å². The molecule has 2 aromatic rings. The van der Waals surface area contributed by atoms with Crippen LogP contribution in [0.2, 0.25) is 0 Å². The SMILES string of the molecule is Cc1cccc(CC(=O)NCC(=O)Nc2ccc(C)cc2C)c1. The maximum atomic E-state index is 11.9. The van der Waals surface area contributed by atoms with Crippen LogP contribution >= 0.6 is 0 Å². The van der Waals surface area contributed by atoms with Crippen molar-refractivity contribution in [2.45, 2.75) is 27.2 Å². The molecule has 0 radical (unpaired) electrons. The van der Waals surface area contributed by atoms with Crippen LogP contribution in [-0.2, 0) is 16.0 Å². The van der Waals surface area contributed by atoms with Crippen LogP contribution in [-0.4, -0.2) is 18.4 Å². The first-order valence-corrected chi connectivity index (χ1v) is 7.63. The van der Waals surface area contributed by atoms with Gasteiger partial charge in [-0.1, -0.05) is 47.5 Å². The fraction of sp³-hybridized carbons (Fsp3) is 0.263. The zero-order valence-corrected chi connectivity index (χ0v) is 13.8. The third-order valence-corrected chi connectivity index (χ3v) is 3.55. The normalized spacial score (nSPS) is 10.2. The number of benzene rings is 2. The second-order valence-electron chi connectivity index (χ2n) is 5.81. The van der Waals surface area contributed by atoms with E-state index in [1.54, 1.807) is 0 Å². The average Bonchev–Trinajstić information content (AvgIpc) is 2.48. The summed E-state index contributed by atoms with van der Waals surface area (Å²) in [5, 5.41) is 5.46. The Morgan fingerprint density at radius 3 is 2.35 bits per heavy atom. The van der Waals surface area contributed by atoms with Gasteiger partial charge in [0.25, 0.3) is 0 Å². The minimum atomic E-state index is -0.227. The van der Waals surface area contributed by atoms with Crippen LogP contribution < -0.4 is 10.6 Å². The molecule has 0 saturated heterocycles. The monoisotopic (exact) mass is 310 g/mol. The molecule has 0 unspecified atom stereocenters. The van der Waals surface area contributed by atoms with E-state index in [1.165, 1.54) is 0 Å². The van der Waals surface area contributed by atoms with E-state index in [0.717, 1.165) is 27.9 Å². The molecule has 0 fully saturated rings. The zero-order chi connectivity index (χ0) is 16.8. The summed E-state index contributed by atoms with van der Waals surface area (Å²) in [4.78, 5) is 23.8. The minimum Gasteiger partial charge on any atom is -0.347 e. The molecule has 2 amide bonds. The van der Waals surface area contributed by atoms with Crippen LogP contribution in [0, 0.1) is 20.8 Å². The van der Waals surface area contributed by atoms with Crippen molar-refractivity contribution < 1.29 is 9.59 Å². The molecular formula is C19H22N2O2. The first-order valence-electron chi connectivity index (χ1n) is 7.63. The Morgan fingerprint density at radius 1 is 0.913 bits per heavy atom. The zero-order valence-electron chi connectivity index (χ0n) is 13.8. The number of rotatable bonds is 5. The van der Waals surface area contributed by atoms with Crippen molar-refractivity contribution in [2.75, 3.05) is 11.9 Å². The highest BCUT2D eigenvalue weighted by Crippen LogP contribution is 2.15. The highest BCUT2D eigenvalue weighted by molar-refractivity contribution is 5.95. The minimum absolute atomic E-state index is 0.0298. The molecule has 0 heterocycles. The van der Waals surface area contributed by atoms with Gasteiger partial charge in [0.2, 0.25) is 11.8 Å². The summed E-state index contributed by atoms with van der Waals surface area (Å²) in [5.41, 5.74) is 4.98. The lowest BCUT2D eigenvalue weighted by Gasteiger charge is -2.10. The third kappa shape index (κ3) is 5.25. The predicted molar refractivity (Wildman–Crippen MR) is 92.4 cm³/mol. The number of anilines is 1. The first-order chi connectivity index (χ1) is 10.9. The van der Waals surface area contributed by atoms with Gasteiger partial charge in [0.15, 0.2) is 0 Å². The summed E-state index contributed by atoms with van der Waals surface area (Å²) in [7, 11) is 0. The third-order valence-electron chi connectivity index (χ3n) is 3.55. The lowest BCUT2D eigenvalue weighted by molar-refractivity contribution is -0.123. The van der Waals surface area contributed by atoms with Gasteiger partial charge in [-0.15, -0.1) is 0 Å². The number of carbonyl (C=O) groups is 2. The summed E-state index contributed by atoms with van der Waals surface area (Å²) in [6.45, 7) is 5.90. The summed E-state index contributed by atoms with van der Waals surface area (Å²) in [5.74, 6) is -0.388. The molecule has 0 atom stereocenters. The van der Waals surface area contributed by atoms with E-state index in [9.17, 15) is 9.59 Å². The molecule has 0 aromatic heterocycles. The number of hydrogen-bond acceptors (Lipinski definition) is 2. The standard InChI is InChI=1S/C19H22N2O2/c1-13-5-4-6-16(10-13)11-18(22)20-12-19(23)21-17-8-7-14(2)9-15(17)3/h4-10H,11-12H2,1-3H3,(H,20,22)(H,21,23). The number of aryl methyl sites for hydroxylation is 3. The molecule has 0 saturated carbocycles. The first kappa shape index (κ1) is 16.7. The van der Waals surface area contributed by atoms with E-state index >= 15 is 0 Å². The topological polar surface area (TPSA) is 58.2 Å². The van der Waals surface area contributed by atoms with Gasteiger partial charge in [-0.2, -0.15) is 0 Å².